The first-order valence-corrected chi connectivity index (χ1v) is 13.2. The highest BCUT2D eigenvalue weighted by molar-refractivity contribution is 7.98. The van der Waals surface area contributed by atoms with Crippen LogP contribution in [-0.2, 0) is 22.3 Å². The van der Waals surface area contributed by atoms with Crippen LogP contribution in [0.2, 0.25) is 10.0 Å². The number of nitrogens with one attached hydrogen (secondary N) is 1. The molecular formula is C23H20Cl2N4O2S2. The third kappa shape index (κ3) is 5.77. The molecule has 4 aromatic rings. The molecule has 6 nitrogen and oxygen atoms in total. The van der Waals surface area contributed by atoms with Gasteiger partial charge >= 0.3 is 0 Å². The second kappa shape index (κ2) is 10.3. The molecule has 0 spiro atoms. The number of benzene rings is 3. The van der Waals surface area contributed by atoms with Crippen molar-refractivity contribution in [1.29, 1.82) is 0 Å². The number of thioether (sulfide) groups is 1. The molecule has 33 heavy (non-hydrogen) atoms. The van der Waals surface area contributed by atoms with Crippen LogP contribution in [-0.4, -0.2) is 23.2 Å². The molecule has 0 aliphatic heterocycles. The molecule has 0 radical (unpaired) electrons. The van der Waals surface area contributed by atoms with Gasteiger partial charge in [-0.25, -0.2) is 13.1 Å². The van der Waals surface area contributed by atoms with Gasteiger partial charge in [-0.15, -0.1) is 10.2 Å². The number of rotatable bonds is 8. The predicted molar refractivity (Wildman–Crippen MR) is 133 cm³/mol. The summed E-state index contributed by atoms with van der Waals surface area (Å²) in [7, 11) is -3.73. The SMILES string of the molecule is Cc1ccc(S(=O)(=O)NCc2nnc(SCc3ccccc3)n2-c2ccc(Cl)cc2Cl)cc1. The highest BCUT2D eigenvalue weighted by Crippen LogP contribution is 2.30. The number of hydrogen-bond donors (Lipinski definition) is 1. The highest BCUT2D eigenvalue weighted by atomic mass is 35.5. The van der Waals surface area contributed by atoms with Gasteiger partial charge in [0.1, 0.15) is 0 Å². The molecule has 0 saturated heterocycles. The molecule has 1 aromatic heterocycles. The van der Waals surface area contributed by atoms with E-state index in [1.165, 1.54) is 11.8 Å². The minimum Gasteiger partial charge on any atom is -0.271 e. The molecule has 0 aliphatic rings. The Hall–Kier alpha value is -2.36. The third-order valence-electron chi connectivity index (χ3n) is 4.81. The lowest BCUT2D eigenvalue weighted by Crippen LogP contribution is -2.25. The monoisotopic (exact) mass is 518 g/mol. The normalized spacial score (nSPS) is 11.6. The molecule has 1 N–H and O–H groups in total. The van der Waals surface area contributed by atoms with Gasteiger partial charge in [-0.3, -0.25) is 4.57 Å². The van der Waals surface area contributed by atoms with Crippen LogP contribution in [0.15, 0.2) is 82.8 Å². The number of aryl methyl sites for hydroxylation is 1. The van der Waals surface area contributed by atoms with Crippen molar-refractivity contribution in [3.8, 4) is 5.69 Å². The summed E-state index contributed by atoms with van der Waals surface area (Å²) in [4.78, 5) is 0.183. The molecule has 0 fully saturated rings. The largest absolute Gasteiger partial charge is 0.271 e. The summed E-state index contributed by atoms with van der Waals surface area (Å²) >= 11 is 14.0. The van der Waals surface area contributed by atoms with Gasteiger partial charge in [-0.05, 0) is 42.8 Å². The Morgan fingerprint density at radius 1 is 0.970 bits per heavy atom. The van der Waals surface area contributed by atoms with E-state index in [-0.39, 0.29) is 11.4 Å². The molecule has 4 rings (SSSR count). The lowest BCUT2D eigenvalue weighted by Gasteiger charge is -2.13. The van der Waals surface area contributed by atoms with Gasteiger partial charge in [0.05, 0.1) is 22.2 Å². The first-order valence-electron chi connectivity index (χ1n) is 9.96. The maximum Gasteiger partial charge on any atom is 0.240 e. The minimum absolute atomic E-state index is 0.0614. The molecule has 0 atom stereocenters. The van der Waals surface area contributed by atoms with Gasteiger partial charge < -0.3 is 0 Å². The fourth-order valence-corrected chi connectivity index (χ4v) is 5.49. The van der Waals surface area contributed by atoms with E-state index in [0.717, 1.165) is 11.1 Å². The van der Waals surface area contributed by atoms with Crippen LogP contribution in [0.5, 0.6) is 0 Å². The summed E-state index contributed by atoms with van der Waals surface area (Å²) in [6, 6.07) is 21.7. The fraction of sp³-hybridized carbons (Fsp3) is 0.130. The number of hydrogen-bond acceptors (Lipinski definition) is 5. The van der Waals surface area contributed by atoms with Crippen LogP contribution in [0.4, 0.5) is 0 Å². The Morgan fingerprint density at radius 2 is 1.70 bits per heavy atom. The van der Waals surface area contributed by atoms with Crippen molar-refractivity contribution < 1.29 is 8.42 Å². The molecule has 0 saturated carbocycles. The third-order valence-corrected chi connectivity index (χ3v) is 7.77. The fourth-order valence-electron chi connectivity index (χ4n) is 3.10. The molecule has 1 heterocycles. The van der Waals surface area contributed by atoms with Crippen LogP contribution in [0.3, 0.4) is 0 Å². The maximum absolute atomic E-state index is 12.8. The van der Waals surface area contributed by atoms with Crippen molar-refractivity contribution in [2.45, 2.75) is 29.3 Å². The molecule has 0 aliphatic carbocycles. The standard InChI is InChI=1S/C23H20Cl2N4O2S2/c1-16-7-10-19(11-8-16)33(30,31)26-14-22-27-28-23(32-15-17-5-3-2-4-6-17)29(22)21-12-9-18(24)13-20(21)25/h2-13,26H,14-15H2,1H3. The van der Waals surface area contributed by atoms with Crippen molar-refractivity contribution in [1.82, 2.24) is 19.5 Å². The van der Waals surface area contributed by atoms with Crippen LogP contribution in [0.25, 0.3) is 5.69 Å². The van der Waals surface area contributed by atoms with Crippen molar-refractivity contribution in [2.75, 3.05) is 0 Å². The second-order valence-electron chi connectivity index (χ2n) is 7.24. The zero-order chi connectivity index (χ0) is 23.4. The van der Waals surface area contributed by atoms with Crippen molar-refractivity contribution in [3.63, 3.8) is 0 Å². The van der Waals surface area contributed by atoms with Crippen LogP contribution in [0, 0.1) is 6.92 Å². The van der Waals surface area contributed by atoms with Crippen LogP contribution < -0.4 is 4.72 Å². The highest BCUT2D eigenvalue weighted by Gasteiger charge is 2.20. The first kappa shape index (κ1) is 23.8. The van der Waals surface area contributed by atoms with Crippen molar-refractivity contribution in [2.24, 2.45) is 0 Å². The first-order chi connectivity index (χ1) is 15.8. The average Bonchev–Trinajstić information content (AvgIpc) is 3.20. The topological polar surface area (TPSA) is 76.9 Å². The number of halogens is 2. The van der Waals surface area contributed by atoms with Crippen LogP contribution >= 0.6 is 35.0 Å². The summed E-state index contributed by atoms with van der Waals surface area (Å²) in [6.07, 6.45) is 0. The Balaban J connectivity index is 1.64. The number of aromatic nitrogens is 3. The quantitative estimate of drug-likeness (QED) is 0.305. The Bertz CT molecular complexity index is 1360. The van der Waals surface area contributed by atoms with E-state index >= 15 is 0 Å². The number of nitrogens with zero attached hydrogens (tertiary/aromatic N) is 3. The molecule has 170 valence electrons. The van der Waals surface area contributed by atoms with Crippen molar-refractivity contribution >= 4 is 45.0 Å². The molecule has 0 amide bonds. The van der Waals surface area contributed by atoms with Gasteiger partial charge in [0.15, 0.2) is 11.0 Å². The van der Waals surface area contributed by atoms with E-state index in [1.54, 1.807) is 47.0 Å². The smallest absolute Gasteiger partial charge is 0.240 e. The molecule has 0 bridgehead atoms. The minimum atomic E-state index is -3.73. The van der Waals surface area contributed by atoms with Gasteiger partial charge in [-0.2, -0.15) is 0 Å². The van der Waals surface area contributed by atoms with E-state index < -0.39 is 10.0 Å². The van der Waals surface area contributed by atoms with E-state index in [2.05, 4.69) is 14.9 Å². The lowest BCUT2D eigenvalue weighted by molar-refractivity contribution is 0.578. The Kier molecular flexibility index (Phi) is 7.41. The molecule has 0 unspecified atom stereocenters. The van der Waals surface area contributed by atoms with Crippen LogP contribution in [0.1, 0.15) is 17.0 Å². The van der Waals surface area contributed by atoms with Gasteiger partial charge in [0, 0.05) is 10.8 Å². The van der Waals surface area contributed by atoms with Gasteiger partial charge in [0.2, 0.25) is 10.0 Å². The maximum atomic E-state index is 12.8. The van der Waals surface area contributed by atoms with Gasteiger partial charge in [0.25, 0.3) is 0 Å². The Labute approximate surface area is 207 Å². The summed E-state index contributed by atoms with van der Waals surface area (Å²) < 4.78 is 29.9. The number of sulfonamides is 1. The summed E-state index contributed by atoms with van der Waals surface area (Å²) in [5, 5.41) is 10.1. The summed E-state index contributed by atoms with van der Waals surface area (Å²) in [5.74, 6) is 1.07. The zero-order valence-electron chi connectivity index (χ0n) is 17.6. The molecule has 10 heteroatoms. The predicted octanol–water partition coefficient (Wildman–Crippen LogP) is 5.65. The average molecular weight is 519 g/mol. The Morgan fingerprint density at radius 3 is 2.39 bits per heavy atom. The summed E-state index contributed by atoms with van der Waals surface area (Å²) in [5.41, 5.74) is 2.72. The van der Waals surface area contributed by atoms with Crippen molar-refractivity contribution in [3.05, 3.63) is 99.8 Å². The summed E-state index contributed by atoms with van der Waals surface area (Å²) in [6.45, 7) is 1.84. The second-order valence-corrected chi connectivity index (χ2v) is 10.8. The van der Waals surface area contributed by atoms with E-state index in [0.29, 0.717) is 32.5 Å². The zero-order valence-corrected chi connectivity index (χ0v) is 20.7. The van der Waals surface area contributed by atoms with E-state index in [9.17, 15) is 8.42 Å². The van der Waals surface area contributed by atoms with E-state index in [1.807, 2.05) is 37.3 Å². The lowest BCUT2D eigenvalue weighted by atomic mass is 10.2. The molecular weight excluding hydrogens is 499 g/mol. The van der Waals surface area contributed by atoms with E-state index in [4.69, 9.17) is 23.2 Å². The molecule has 3 aromatic carbocycles. The van der Waals surface area contributed by atoms with Gasteiger partial charge in [-0.1, -0.05) is 83.0 Å².